The molecule has 0 aromatic heterocycles. The number of hydrogen-bond acceptors (Lipinski definition) is 4. The third-order valence-corrected chi connectivity index (χ3v) is 7.67. The van der Waals surface area contributed by atoms with Crippen LogP contribution in [0.25, 0.3) is 0 Å². The molecule has 2 aromatic carbocycles. The number of carbonyl (C=O) groups is 2. The smallest absolute Gasteiger partial charge is 0.315 e. The summed E-state index contributed by atoms with van der Waals surface area (Å²) < 4.78 is 6.06. The Kier molecular flexibility index (Phi) is 6.34. The van der Waals surface area contributed by atoms with Gasteiger partial charge in [0, 0.05) is 12.1 Å². The number of primary amides is 1. The van der Waals surface area contributed by atoms with Crippen molar-refractivity contribution in [2.45, 2.75) is 58.5 Å². The molecule has 7 heteroatoms. The van der Waals surface area contributed by atoms with Crippen molar-refractivity contribution in [1.82, 2.24) is 15.5 Å². The van der Waals surface area contributed by atoms with Gasteiger partial charge in [-0.1, -0.05) is 12.1 Å². The zero-order chi connectivity index (χ0) is 24.7. The summed E-state index contributed by atoms with van der Waals surface area (Å²) in [6, 6.07) is 11.0. The first-order valence-corrected chi connectivity index (χ1v) is 12.0. The Morgan fingerprint density at radius 2 is 1.71 bits per heavy atom. The molecule has 2 bridgehead atoms. The molecule has 0 saturated carbocycles. The highest BCUT2D eigenvalue weighted by molar-refractivity contribution is 5.94. The molecular formula is C27H36N4O3. The summed E-state index contributed by atoms with van der Waals surface area (Å²) in [6.07, 6.45) is 2.29. The first-order chi connectivity index (χ1) is 16.0. The van der Waals surface area contributed by atoms with Crippen LogP contribution in [-0.4, -0.2) is 42.0 Å². The van der Waals surface area contributed by atoms with Crippen molar-refractivity contribution in [3.63, 3.8) is 0 Å². The SMILES string of the molecule is Cc1c(Oc2ccc(C(C)(C)NC(=O)NC3(C)CN4CCC3CC4)cc2)ccc(C(N)=O)c1C. The molecule has 3 aliphatic rings. The molecule has 4 N–H and O–H groups in total. The molecule has 3 amide bonds. The maximum atomic E-state index is 12.9. The van der Waals surface area contributed by atoms with E-state index >= 15 is 0 Å². The predicted molar refractivity (Wildman–Crippen MR) is 133 cm³/mol. The lowest BCUT2D eigenvalue weighted by Crippen LogP contribution is -2.67. The fraction of sp³-hybridized carbons (Fsp3) is 0.481. The highest BCUT2D eigenvalue weighted by Crippen LogP contribution is 2.35. The van der Waals surface area contributed by atoms with E-state index in [-0.39, 0.29) is 11.6 Å². The van der Waals surface area contributed by atoms with Crippen molar-refractivity contribution in [2.24, 2.45) is 11.7 Å². The van der Waals surface area contributed by atoms with Gasteiger partial charge < -0.3 is 26.0 Å². The zero-order valence-corrected chi connectivity index (χ0v) is 20.8. The van der Waals surface area contributed by atoms with Gasteiger partial charge in [0.15, 0.2) is 0 Å². The van der Waals surface area contributed by atoms with E-state index in [0.29, 0.717) is 23.0 Å². The Morgan fingerprint density at radius 1 is 1.06 bits per heavy atom. The van der Waals surface area contributed by atoms with E-state index in [1.165, 1.54) is 0 Å². The molecule has 2 aromatic rings. The number of carbonyl (C=O) groups excluding carboxylic acids is 2. The minimum absolute atomic E-state index is 0.137. The number of nitrogens with one attached hydrogen (secondary N) is 2. The normalized spacial score (nSPS) is 23.9. The number of nitrogens with zero attached hydrogens (tertiary/aromatic N) is 1. The summed E-state index contributed by atoms with van der Waals surface area (Å²) in [5, 5.41) is 6.43. The summed E-state index contributed by atoms with van der Waals surface area (Å²) >= 11 is 0. The molecule has 5 rings (SSSR count). The highest BCUT2D eigenvalue weighted by atomic mass is 16.5. The monoisotopic (exact) mass is 464 g/mol. The third kappa shape index (κ3) is 4.75. The number of benzene rings is 2. The molecule has 182 valence electrons. The topological polar surface area (TPSA) is 96.7 Å². The van der Waals surface area contributed by atoms with Crippen molar-refractivity contribution in [1.29, 1.82) is 0 Å². The van der Waals surface area contributed by atoms with E-state index < -0.39 is 11.4 Å². The van der Waals surface area contributed by atoms with Gasteiger partial charge in [-0.3, -0.25) is 4.79 Å². The minimum atomic E-state index is -0.553. The van der Waals surface area contributed by atoms with E-state index in [1.807, 2.05) is 52.0 Å². The lowest BCUT2D eigenvalue weighted by Gasteiger charge is -2.52. The lowest BCUT2D eigenvalue weighted by molar-refractivity contribution is 0.0224. The van der Waals surface area contributed by atoms with Crippen molar-refractivity contribution in [2.75, 3.05) is 19.6 Å². The zero-order valence-electron chi connectivity index (χ0n) is 20.8. The first kappa shape index (κ1) is 24.1. The number of amides is 3. The minimum Gasteiger partial charge on any atom is -0.457 e. The summed E-state index contributed by atoms with van der Waals surface area (Å²) in [4.78, 5) is 26.9. The maximum Gasteiger partial charge on any atom is 0.315 e. The summed E-state index contributed by atoms with van der Waals surface area (Å²) in [5.41, 5.74) is 7.86. The molecule has 7 nitrogen and oxygen atoms in total. The number of hydrogen-bond donors (Lipinski definition) is 3. The van der Waals surface area contributed by atoms with Crippen LogP contribution in [0.5, 0.6) is 11.5 Å². The number of nitrogens with two attached hydrogens (primary N) is 1. The van der Waals surface area contributed by atoms with Gasteiger partial charge in [0.1, 0.15) is 11.5 Å². The van der Waals surface area contributed by atoms with Gasteiger partial charge in [0.25, 0.3) is 0 Å². The maximum absolute atomic E-state index is 12.9. The van der Waals surface area contributed by atoms with Gasteiger partial charge in [-0.15, -0.1) is 0 Å². The molecule has 3 fully saturated rings. The van der Waals surface area contributed by atoms with E-state index in [4.69, 9.17) is 10.5 Å². The Morgan fingerprint density at radius 3 is 2.26 bits per heavy atom. The van der Waals surface area contributed by atoms with Gasteiger partial charge in [0.05, 0.1) is 11.1 Å². The second-order valence-electron chi connectivity index (χ2n) is 10.5. The molecule has 1 atom stereocenters. The average molecular weight is 465 g/mol. The fourth-order valence-electron chi connectivity index (χ4n) is 5.35. The van der Waals surface area contributed by atoms with Crippen LogP contribution in [-0.2, 0) is 5.54 Å². The molecule has 0 radical (unpaired) electrons. The first-order valence-electron chi connectivity index (χ1n) is 12.0. The highest BCUT2D eigenvalue weighted by Gasteiger charge is 2.44. The quantitative estimate of drug-likeness (QED) is 0.597. The van der Waals surface area contributed by atoms with Crippen molar-refractivity contribution in [3.8, 4) is 11.5 Å². The van der Waals surface area contributed by atoms with Crippen molar-refractivity contribution in [3.05, 3.63) is 58.7 Å². The second-order valence-corrected chi connectivity index (χ2v) is 10.5. The van der Waals surface area contributed by atoms with Crippen LogP contribution in [0.2, 0.25) is 0 Å². The van der Waals surface area contributed by atoms with Crippen LogP contribution in [0.15, 0.2) is 36.4 Å². The van der Waals surface area contributed by atoms with Crippen LogP contribution in [0.4, 0.5) is 4.79 Å². The van der Waals surface area contributed by atoms with E-state index in [1.54, 1.807) is 12.1 Å². The van der Waals surface area contributed by atoms with Crippen LogP contribution in [0.3, 0.4) is 0 Å². The molecule has 3 saturated heterocycles. The van der Waals surface area contributed by atoms with Gasteiger partial charge >= 0.3 is 6.03 Å². The molecule has 0 aliphatic carbocycles. The number of urea groups is 1. The van der Waals surface area contributed by atoms with Gasteiger partial charge in [0.2, 0.25) is 5.91 Å². The van der Waals surface area contributed by atoms with Crippen molar-refractivity contribution >= 4 is 11.9 Å². The predicted octanol–water partition coefficient (Wildman–Crippen LogP) is 4.21. The second kappa shape index (κ2) is 8.95. The largest absolute Gasteiger partial charge is 0.457 e. The van der Waals surface area contributed by atoms with Crippen LogP contribution in [0, 0.1) is 19.8 Å². The van der Waals surface area contributed by atoms with Crippen molar-refractivity contribution < 1.29 is 14.3 Å². The summed E-state index contributed by atoms with van der Waals surface area (Å²) in [6.45, 7) is 13.1. The molecule has 1 unspecified atom stereocenters. The molecule has 3 heterocycles. The van der Waals surface area contributed by atoms with Crippen LogP contribution >= 0.6 is 0 Å². The Bertz CT molecular complexity index is 1090. The third-order valence-electron chi connectivity index (χ3n) is 7.67. The number of piperidine rings is 3. The average Bonchev–Trinajstić information content (AvgIpc) is 2.77. The summed E-state index contributed by atoms with van der Waals surface area (Å²) in [5.74, 6) is 1.44. The number of rotatable bonds is 6. The number of fused-ring (bicyclic) bond motifs is 3. The van der Waals surface area contributed by atoms with E-state index in [0.717, 1.165) is 49.2 Å². The van der Waals surface area contributed by atoms with Gasteiger partial charge in [-0.2, -0.15) is 0 Å². The Hall–Kier alpha value is -3.06. The standard InChI is InChI=1S/C27H36N4O3/c1-17-18(2)23(11-10-22(17)24(28)32)34-21-8-6-19(7-9-21)26(3,4)29-25(33)30-27(5)16-31-14-12-20(27)13-15-31/h6-11,20H,12-16H2,1-5H3,(H2,28,32)(H2,29,30,33). The fourth-order valence-corrected chi connectivity index (χ4v) is 5.35. The molecule has 0 spiro atoms. The molecule has 3 aliphatic heterocycles. The number of ether oxygens (including phenoxy) is 1. The lowest BCUT2D eigenvalue weighted by atomic mass is 9.74. The van der Waals surface area contributed by atoms with Gasteiger partial charge in [-0.25, -0.2) is 4.79 Å². The Labute approximate surface area is 202 Å². The molecular weight excluding hydrogens is 428 g/mol. The van der Waals surface area contributed by atoms with Crippen LogP contribution in [0.1, 0.15) is 60.7 Å². The van der Waals surface area contributed by atoms with Crippen LogP contribution < -0.4 is 21.1 Å². The molecule has 34 heavy (non-hydrogen) atoms. The van der Waals surface area contributed by atoms with E-state index in [9.17, 15) is 9.59 Å². The van der Waals surface area contributed by atoms with E-state index in [2.05, 4.69) is 22.5 Å². The summed E-state index contributed by atoms with van der Waals surface area (Å²) in [7, 11) is 0. The van der Waals surface area contributed by atoms with Gasteiger partial charge in [-0.05, 0) is 107 Å². The Balaban J connectivity index is 1.41.